The molecule has 1 aliphatic rings. The summed E-state index contributed by atoms with van der Waals surface area (Å²) in [7, 11) is 0. The first-order valence-electron chi connectivity index (χ1n) is 8.72. The maximum Gasteiger partial charge on any atom is 0.222 e. The lowest BCUT2D eigenvalue weighted by molar-refractivity contribution is -0.132. The second-order valence-corrected chi connectivity index (χ2v) is 7.16. The van der Waals surface area contributed by atoms with E-state index in [2.05, 4.69) is 15.4 Å². The molecule has 0 unspecified atom stereocenters. The Labute approximate surface area is 164 Å². The first-order chi connectivity index (χ1) is 12.8. The van der Waals surface area contributed by atoms with Gasteiger partial charge in [0.05, 0.1) is 11.4 Å². The Bertz CT molecular complexity index is 776. The third-order valence-corrected chi connectivity index (χ3v) is 4.40. The van der Waals surface area contributed by atoms with E-state index in [1.54, 1.807) is 18.2 Å². The number of halogens is 1. The number of nitrogens with zero attached hydrogens (tertiary/aromatic N) is 4. The highest BCUT2D eigenvalue weighted by Gasteiger charge is 2.23. The first-order valence-corrected chi connectivity index (χ1v) is 9.10. The summed E-state index contributed by atoms with van der Waals surface area (Å²) in [5, 5.41) is 20.7. The smallest absolute Gasteiger partial charge is 0.222 e. The molecule has 2 rings (SSSR count). The molecule has 0 atom stereocenters. The number of amides is 1. The molecule has 27 heavy (non-hydrogen) atoms. The Morgan fingerprint density at radius 3 is 2.63 bits per heavy atom. The number of hydrogen-bond acceptors (Lipinski definition) is 6. The largest absolute Gasteiger partial charge is 0.382 e. The molecule has 0 aromatic heterocycles. The van der Waals surface area contributed by atoms with Gasteiger partial charge in [0.15, 0.2) is 5.84 Å². The quantitative estimate of drug-likeness (QED) is 0.391. The molecule has 1 fully saturated rings. The molecule has 1 amide bonds. The van der Waals surface area contributed by atoms with Crippen molar-refractivity contribution in [3.63, 3.8) is 0 Å². The molecule has 0 saturated carbocycles. The first kappa shape index (κ1) is 20.5. The lowest BCUT2D eigenvalue weighted by atomic mass is 10.1. The molecule has 144 valence electrons. The maximum atomic E-state index is 12.2. The Morgan fingerprint density at radius 1 is 1.41 bits per heavy atom. The minimum atomic E-state index is -0.411. The predicted octanol–water partition coefficient (Wildman–Crippen LogP) is 2.26. The minimum Gasteiger partial charge on any atom is -0.382 e. The number of nitrogens with one attached hydrogen (secondary N) is 2. The molecule has 1 aromatic rings. The second-order valence-electron chi connectivity index (χ2n) is 6.72. The lowest BCUT2D eigenvalue weighted by Gasteiger charge is -2.37. The predicted molar refractivity (Wildman–Crippen MR) is 108 cm³/mol. The zero-order valence-corrected chi connectivity index (χ0v) is 16.3. The van der Waals surface area contributed by atoms with Crippen molar-refractivity contribution < 1.29 is 4.79 Å². The second kappa shape index (κ2) is 9.24. The third-order valence-electron chi connectivity index (χ3n) is 4.16. The molecule has 0 aliphatic carbocycles. The number of nitrogens with two attached hydrogens (primary N) is 1. The van der Waals surface area contributed by atoms with Crippen molar-refractivity contribution in [3.8, 4) is 6.07 Å². The van der Waals surface area contributed by atoms with Crippen LogP contribution in [0.15, 0.2) is 23.3 Å². The van der Waals surface area contributed by atoms with Crippen LogP contribution in [0.25, 0.3) is 0 Å². The zero-order chi connectivity index (χ0) is 20.0. The van der Waals surface area contributed by atoms with Crippen molar-refractivity contribution >= 4 is 40.4 Å². The number of anilines is 2. The van der Waals surface area contributed by atoms with Gasteiger partial charge in [-0.1, -0.05) is 25.4 Å². The molecule has 0 spiro atoms. The number of piperazine rings is 1. The van der Waals surface area contributed by atoms with Crippen LogP contribution in [0.2, 0.25) is 5.02 Å². The lowest BCUT2D eigenvalue weighted by Crippen LogP contribution is -2.49. The van der Waals surface area contributed by atoms with Crippen LogP contribution in [0.4, 0.5) is 11.4 Å². The Kier molecular flexibility index (Phi) is 7.02. The van der Waals surface area contributed by atoms with E-state index in [0.717, 1.165) is 5.69 Å². The van der Waals surface area contributed by atoms with Gasteiger partial charge in [0.2, 0.25) is 11.6 Å². The number of rotatable bonds is 6. The Morgan fingerprint density at radius 2 is 2.07 bits per heavy atom. The van der Waals surface area contributed by atoms with Crippen LogP contribution in [0, 0.1) is 22.7 Å². The Balaban J connectivity index is 2.12. The standard InChI is InChI=1S/C18H24ClN7O/c1-12(2)9-17(27)26-7-5-25(6-8-26)16-4-3-13(19)10-14(16)23-24-15(11-20)18(21)22/h3-4,10,12,23H,5-9H2,1-2H3,(H3,21,22)/b24-15+. The molecule has 1 heterocycles. The van der Waals surface area contributed by atoms with Gasteiger partial charge < -0.3 is 15.5 Å². The molecule has 9 heteroatoms. The fourth-order valence-corrected chi connectivity index (χ4v) is 2.98. The summed E-state index contributed by atoms with van der Waals surface area (Å²) in [5.74, 6) is 0.116. The minimum absolute atomic E-state index is 0.184. The molecule has 1 aromatic carbocycles. The number of carbonyl (C=O) groups excluding carboxylic acids is 1. The summed E-state index contributed by atoms with van der Waals surface area (Å²) in [4.78, 5) is 16.3. The fraction of sp³-hybridized carbons (Fsp3) is 0.444. The Hall–Kier alpha value is -2.79. The highest BCUT2D eigenvalue weighted by atomic mass is 35.5. The van der Waals surface area contributed by atoms with E-state index in [4.69, 9.17) is 28.0 Å². The number of carbonyl (C=O) groups is 1. The molecule has 0 bridgehead atoms. The van der Waals surface area contributed by atoms with Crippen molar-refractivity contribution in [1.29, 1.82) is 10.7 Å². The van der Waals surface area contributed by atoms with Crippen LogP contribution in [0.3, 0.4) is 0 Å². The van der Waals surface area contributed by atoms with Crippen molar-refractivity contribution in [2.75, 3.05) is 36.5 Å². The van der Waals surface area contributed by atoms with Crippen LogP contribution in [0.5, 0.6) is 0 Å². The van der Waals surface area contributed by atoms with E-state index in [1.807, 2.05) is 24.8 Å². The van der Waals surface area contributed by atoms with Crippen LogP contribution < -0.4 is 16.1 Å². The van der Waals surface area contributed by atoms with Crippen molar-refractivity contribution in [3.05, 3.63) is 23.2 Å². The fourth-order valence-electron chi connectivity index (χ4n) is 2.81. The van der Waals surface area contributed by atoms with Gasteiger partial charge >= 0.3 is 0 Å². The topological polar surface area (TPSA) is 122 Å². The van der Waals surface area contributed by atoms with Crippen LogP contribution in [-0.2, 0) is 4.79 Å². The molecular formula is C18H24ClN7O. The van der Waals surface area contributed by atoms with Crippen LogP contribution in [0.1, 0.15) is 20.3 Å². The van der Waals surface area contributed by atoms with E-state index < -0.39 is 5.84 Å². The van der Waals surface area contributed by atoms with E-state index >= 15 is 0 Å². The van der Waals surface area contributed by atoms with Crippen LogP contribution in [-0.4, -0.2) is 48.5 Å². The summed E-state index contributed by atoms with van der Waals surface area (Å²) >= 11 is 6.09. The van der Waals surface area contributed by atoms with Crippen molar-refractivity contribution in [2.45, 2.75) is 20.3 Å². The van der Waals surface area contributed by atoms with E-state index in [1.165, 1.54) is 0 Å². The summed E-state index contributed by atoms with van der Waals surface area (Å²) < 4.78 is 0. The van der Waals surface area contributed by atoms with Gasteiger partial charge in [0.1, 0.15) is 6.07 Å². The summed E-state index contributed by atoms with van der Waals surface area (Å²) in [6, 6.07) is 7.11. The van der Waals surface area contributed by atoms with Gasteiger partial charge in [0, 0.05) is 37.6 Å². The van der Waals surface area contributed by atoms with Gasteiger partial charge in [-0.05, 0) is 24.1 Å². The van der Waals surface area contributed by atoms with E-state index in [-0.39, 0.29) is 11.6 Å². The van der Waals surface area contributed by atoms with Crippen molar-refractivity contribution in [1.82, 2.24) is 4.90 Å². The molecule has 0 radical (unpaired) electrons. The van der Waals surface area contributed by atoms with Gasteiger partial charge in [-0.15, -0.1) is 0 Å². The monoisotopic (exact) mass is 389 g/mol. The molecule has 8 nitrogen and oxygen atoms in total. The third kappa shape index (κ3) is 5.59. The number of benzene rings is 1. The van der Waals surface area contributed by atoms with Gasteiger partial charge in [-0.3, -0.25) is 15.6 Å². The van der Waals surface area contributed by atoms with E-state index in [9.17, 15) is 4.79 Å². The van der Waals surface area contributed by atoms with Gasteiger partial charge in [-0.25, -0.2) is 0 Å². The molecular weight excluding hydrogens is 366 g/mol. The average molecular weight is 390 g/mol. The highest BCUT2D eigenvalue weighted by molar-refractivity contribution is 6.45. The zero-order valence-electron chi connectivity index (χ0n) is 15.5. The summed E-state index contributed by atoms with van der Waals surface area (Å²) in [5.41, 5.74) is 9.37. The number of hydrazone groups is 1. The van der Waals surface area contributed by atoms with E-state index in [0.29, 0.717) is 49.2 Å². The molecule has 1 saturated heterocycles. The number of nitriles is 1. The average Bonchev–Trinajstić information content (AvgIpc) is 2.61. The normalized spacial score (nSPS) is 14.9. The van der Waals surface area contributed by atoms with Crippen LogP contribution >= 0.6 is 11.6 Å². The number of hydrogen-bond donors (Lipinski definition) is 3. The molecule has 1 aliphatic heterocycles. The SMILES string of the molecule is CC(C)CC(=O)N1CCN(c2ccc(Cl)cc2N/N=C(\C#N)C(=N)N)CC1. The summed E-state index contributed by atoms with van der Waals surface area (Å²) in [6.07, 6.45) is 0.560. The molecule has 4 N–H and O–H groups in total. The number of amidine groups is 1. The maximum absolute atomic E-state index is 12.2. The highest BCUT2D eigenvalue weighted by Crippen LogP contribution is 2.30. The van der Waals surface area contributed by atoms with Gasteiger partial charge in [-0.2, -0.15) is 10.4 Å². The summed E-state index contributed by atoms with van der Waals surface area (Å²) in [6.45, 7) is 6.73. The van der Waals surface area contributed by atoms with Crippen molar-refractivity contribution in [2.24, 2.45) is 16.8 Å². The van der Waals surface area contributed by atoms with Gasteiger partial charge in [0.25, 0.3) is 0 Å².